The highest BCUT2D eigenvalue weighted by molar-refractivity contribution is 5.52. The standard InChI is InChI=1S/C13H17FN2O3/c1-19-11-5-2-9(3-6-11)15-10-4-7-12(14)13(8-10)16(17)18/h4,7-9,11,15H,2-3,5-6H2,1H3. The van der Waals surface area contributed by atoms with Crippen LogP contribution in [0, 0.1) is 15.9 Å². The molecule has 0 atom stereocenters. The fourth-order valence-electron chi connectivity index (χ4n) is 2.42. The predicted octanol–water partition coefficient (Wildman–Crippen LogP) is 3.10. The molecule has 5 nitrogen and oxygen atoms in total. The van der Waals surface area contributed by atoms with E-state index in [1.165, 1.54) is 12.1 Å². The molecule has 1 aliphatic rings. The molecule has 1 aromatic carbocycles. The zero-order valence-corrected chi connectivity index (χ0v) is 10.8. The zero-order valence-electron chi connectivity index (χ0n) is 10.8. The Morgan fingerprint density at radius 1 is 1.37 bits per heavy atom. The number of rotatable bonds is 4. The number of nitro benzene ring substituents is 1. The van der Waals surface area contributed by atoms with Gasteiger partial charge in [-0.25, -0.2) is 0 Å². The maximum absolute atomic E-state index is 13.2. The van der Waals surface area contributed by atoms with Crippen molar-refractivity contribution in [3.8, 4) is 0 Å². The SMILES string of the molecule is COC1CCC(Nc2ccc(F)c([N+](=O)[O-])c2)CC1. The molecule has 1 aromatic rings. The first-order chi connectivity index (χ1) is 9.10. The smallest absolute Gasteiger partial charge is 0.306 e. The summed E-state index contributed by atoms with van der Waals surface area (Å²) in [6.45, 7) is 0. The van der Waals surface area contributed by atoms with E-state index in [9.17, 15) is 14.5 Å². The number of benzene rings is 1. The summed E-state index contributed by atoms with van der Waals surface area (Å²) in [5.41, 5.74) is 0.101. The molecule has 1 saturated carbocycles. The average molecular weight is 268 g/mol. The molecule has 0 bridgehead atoms. The lowest BCUT2D eigenvalue weighted by molar-refractivity contribution is -0.387. The number of anilines is 1. The molecule has 0 aliphatic heterocycles. The summed E-state index contributed by atoms with van der Waals surface area (Å²) >= 11 is 0. The molecule has 19 heavy (non-hydrogen) atoms. The third-order valence-corrected chi connectivity index (χ3v) is 3.52. The predicted molar refractivity (Wildman–Crippen MR) is 69.7 cm³/mol. The van der Waals surface area contributed by atoms with Gasteiger partial charge in [0.1, 0.15) is 0 Å². The van der Waals surface area contributed by atoms with Crippen molar-refractivity contribution in [3.05, 3.63) is 34.1 Å². The van der Waals surface area contributed by atoms with Crippen molar-refractivity contribution in [1.82, 2.24) is 0 Å². The highest BCUT2D eigenvalue weighted by Gasteiger charge is 2.21. The van der Waals surface area contributed by atoms with E-state index in [0.717, 1.165) is 31.7 Å². The van der Waals surface area contributed by atoms with Crippen LogP contribution in [0.25, 0.3) is 0 Å². The number of hydrogen-bond acceptors (Lipinski definition) is 4. The molecule has 6 heteroatoms. The van der Waals surface area contributed by atoms with Crippen molar-refractivity contribution in [2.24, 2.45) is 0 Å². The van der Waals surface area contributed by atoms with Crippen LogP contribution in [0.5, 0.6) is 0 Å². The maximum Gasteiger partial charge on any atom is 0.306 e. The Morgan fingerprint density at radius 2 is 2.05 bits per heavy atom. The van der Waals surface area contributed by atoms with Gasteiger partial charge >= 0.3 is 5.69 Å². The largest absolute Gasteiger partial charge is 0.382 e. The minimum Gasteiger partial charge on any atom is -0.382 e. The van der Waals surface area contributed by atoms with Gasteiger partial charge in [-0.15, -0.1) is 0 Å². The van der Waals surface area contributed by atoms with Crippen molar-refractivity contribution in [3.63, 3.8) is 0 Å². The molecule has 1 fully saturated rings. The lowest BCUT2D eigenvalue weighted by atomic mass is 9.93. The minimum absolute atomic E-state index is 0.261. The van der Waals surface area contributed by atoms with E-state index < -0.39 is 16.4 Å². The normalized spacial score (nSPS) is 23.1. The summed E-state index contributed by atoms with van der Waals surface area (Å²) in [5.74, 6) is -0.807. The van der Waals surface area contributed by atoms with Crippen LogP contribution in [-0.4, -0.2) is 24.2 Å². The summed E-state index contributed by atoms with van der Waals surface area (Å²) in [4.78, 5) is 9.96. The second-order valence-corrected chi connectivity index (χ2v) is 4.78. The molecular formula is C13H17FN2O3. The van der Waals surface area contributed by atoms with Crippen LogP contribution in [0.2, 0.25) is 0 Å². The number of nitrogens with zero attached hydrogens (tertiary/aromatic N) is 1. The Balaban J connectivity index is 2.00. The van der Waals surface area contributed by atoms with Crippen molar-refractivity contribution in [2.45, 2.75) is 37.8 Å². The fraction of sp³-hybridized carbons (Fsp3) is 0.538. The number of hydrogen-bond donors (Lipinski definition) is 1. The molecule has 0 heterocycles. The summed E-state index contributed by atoms with van der Waals surface area (Å²) in [6.07, 6.45) is 4.14. The fourth-order valence-corrected chi connectivity index (χ4v) is 2.42. The van der Waals surface area contributed by atoms with Gasteiger partial charge < -0.3 is 10.1 Å². The Hall–Kier alpha value is -1.69. The van der Waals surface area contributed by atoms with Gasteiger partial charge in [0, 0.05) is 24.9 Å². The topological polar surface area (TPSA) is 64.4 Å². The first-order valence-corrected chi connectivity index (χ1v) is 6.33. The first kappa shape index (κ1) is 13.7. The molecule has 0 amide bonds. The quantitative estimate of drug-likeness (QED) is 0.673. The van der Waals surface area contributed by atoms with Crippen molar-refractivity contribution in [1.29, 1.82) is 0 Å². The molecule has 0 radical (unpaired) electrons. The third-order valence-electron chi connectivity index (χ3n) is 3.52. The van der Waals surface area contributed by atoms with E-state index in [1.807, 2.05) is 0 Å². The second kappa shape index (κ2) is 5.97. The van der Waals surface area contributed by atoms with Gasteiger partial charge in [0.15, 0.2) is 0 Å². The Kier molecular flexibility index (Phi) is 4.31. The van der Waals surface area contributed by atoms with Crippen LogP contribution in [0.1, 0.15) is 25.7 Å². The molecular weight excluding hydrogens is 251 g/mol. The number of methoxy groups -OCH3 is 1. The minimum atomic E-state index is -0.807. The number of nitrogens with one attached hydrogen (secondary N) is 1. The third kappa shape index (κ3) is 3.41. The second-order valence-electron chi connectivity index (χ2n) is 4.78. The van der Waals surface area contributed by atoms with Crippen molar-refractivity contribution >= 4 is 11.4 Å². The van der Waals surface area contributed by atoms with Crippen molar-refractivity contribution in [2.75, 3.05) is 12.4 Å². The molecule has 104 valence electrons. The molecule has 2 rings (SSSR count). The van der Waals surface area contributed by atoms with Gasteiger partial charge in [-0.05, 0) is 37.8 Å². The average Bonchev–Trinajstić information content (AvgIpc) is 2.41. The Bertz CT molecular complexity index is 459. The molecule has 0 spiro atoms. The van der Waals surface area contributed by atoms with E-state index in [4.69, 9.17) is 4.74 Å². The zero-order chi connectivity index (χ0) is 13.8. The van der Waals surface area contributed by atoms with E-state index in [2.05, 4.69) is 5.32 Å². The van der Waals surface area contributed by atoms with Crippen LogP contribution < -0.4 is 5.32 Å². The van der Waals surface area contributed by atoms with Gasteiger partial charge in [0.25, 0.3) is 0 Å². The molecule has 1 N–H and O–H groups in total. The van der Waals surface area contributed by atoms with Gasteiger partial charge in [-0.1, -0.05) is 0 Å². The highest BCUT2D eigenvalue weighted by atomic mass is 19.1. The van der Waals surface area contributed by atoms with Gasteiger partial charge in [0.2, 0.25) is 5.82 Å². The van der Waals surface area contributed by atoms with Crippen LogP contribution >= 0.6 is 0 Å². The maximum atomic E-state index is 13.2. The number of halogens is 1. The van der Waals surface area contributed by atoms with Crippen LogP contribution in [0.15, 0.2) is 18.2 Å². The molecule has 0 unspecified atom stereocenters. The Morgan fingerprint density at radius 3 is 2.63 bits per heavy atom. The van der Waals surface area contributed by atoms with E-state index in [0.29, 0.717) is 11.8 Å². The summed E-state index contributed by atoms with van der Waals surface area (Å²) in [7, 11) is 1.71. The lowest BCUT2D eigenvalue weighted by Gasteiger charge is -2.28. The summed E-state index contributed by atoms with van der Waals surface area (Å²) in [5, 5.41) is 13.9. The Labute approximate surface area is 110 Å². The number of ether oxygens (including phenoxy) is 1. The number of nitro groups is 1. The molecule has 0 saturated heterocycles. The first-order valence-electron chi connectivity index (χ1n) is 6.33. The van der Waals surface area contributed by atoms with Crippen LogP contribution in [-0.2, 0) is 4.74 Å². The van der Waals surface area contributed by atoms with Gasteiger partial charge in [-0.3, -0.25) is 10.1 Å². The van der Waals surface area contributed by atoms with Gasteiger partial charge in [-0.2, -0.15) is 4.39 Å². The molecule has 1 aliphatic carbocycles. The van der Waals surface area contributed by atoms with Crippen LogP contribution in [0.4, 0.5) is 15.8 Å². The highest BCUT2D eigenvalue weighted by Crippen LogP contribution is 2.26. The van der Waals surface area contributed by atoms with Crippen molar-refractivity contribution < 1.29 is 14.1 Å². The summed E-state index contributed by atoms with van der Waals surface area (Å²) < 4.78 is 18.5. The van der Waals surface area contributed by atoms with E-state index >= 15 is 0 Å². The van der Waals surface area contributed by atoms with E-state index in [-0.39, 0.29) is 6.04 Å². The van der Waals surface area contributed by atoms with Gasteiger partial charge in [0.05, 0.1) is 11.0 Å². The monoisotopic (exact) mass is 268 g/mol. The van der Waals surface area contributed by atoms with Crippen LogP contribution in [0.3, 0.4) is 0 Å². The lowest BCUT2D eigenvalue weighted by Crippen LogP contribution is -2.29. The summed E-state index contributed by atoms with van der Waals surface area (Å²) in [6, 6.07) is 4.17. The molecule has 0 aromatic heterocycles. The van der Waals surface area contributed by atoms with E-state index in [1.54, 1.807) is 7.11 Å².